The maximum Gasteiger partial charge on any atom is 0.265 e. The number of Topliss-reactive ketones (excluding diaryl/α,β-unsaturated/α-hetero) is 1. The number of nitrogens with one attached hydrogen (secondary N) is 1. The van der Waals surface area contributed by atoms with E-state index in [1.165, 1.54) is 13.2 Å². The van der Waals surface area contributed by atoms with Gasteiger partial charge in [-0.25, -0.2) is 8.42 Å². The zero-order valence-corrected chi connectivity index (χ0v) is 19.5. The molecule has 170 valence electrons. The number of nitrogens with zero attached hydrogens (tertiary/aromatic N) is 1. The summed E-state index contributed by atoms with van der Waals surface area (Å²) in [6.45, 7) is 2.05. The molecule has 6 nitrogen and oxygen atoms in total. The minimum atomic E-state index is -3.90. The second-order valence-electron chi connectivity index (χ2n) is 8.86. The van der Waals surface area contributed by atoms with E-state index < -0.39 is 15.4 Å². The van der Waals surface area contributed by atoms with Crippen molar-refractivity contribution in [2.75, 3.05) is 11.8 Å². The number of rotatable bonds is 6. The van der Waals surface area contributed by atoms with Gasteiger partial charge >= 0.3 is 0 Å². The minimum absolute atomic E-state index is 0.0711. The minimum Gasteiger partial charge on any atom is -0.495 e. The van der Waals surface area contributed by atoms with E-state index in [1.807, 2.05) is 37.3 Å². The molecule has 2 aliphatic carbocycles. The summed E-state index contributed by atoms with van der Waals surface area (Å²) in [5.41, 5.74) is 3.81. The first-order valence-corrected chi connectivity index (χ1v) is 12.6. The second-order valence-corrected chi connectivity index (χ2v) is 10.5. The number of fused-ring (bicyclic) bond motifs is 2. The molecule has 1 atom stereocenters. The number of pyridine rings is 1. The van der Waals surface area contributed by atoms with Crippen LogP contribution < -0.4 is 9.46 Å². The van der Waals surface area contributed by atoms with E-state index >= 15 is 0 Å². The fourth-order valence-corrected chi connectivity index (χ4v) is 6.38. The Bertz CT molecular complexity index is 1330. The Morgan fingerprint density at radius 2 is 1.85 bits per heavy atom. The molecule has 7 heteroatoms. The van der Waals surface area contributed by atoms with Crippen LogP contribution in [0.2, 0.25) is 0 Å². The van der Waals surface area contributed by atoms with Crippen LogP contribution >= 0.6 is 0 Å². The Balaban J connectivity index is 1.63. The summed E-state index contributed by atoms with van der Waals surface area (Å²) >= 11 is 0. The quantitative estimate of drug-likeness (QED) is 0.579. The van der Waals surface area contributed by atoms with Crippen molar-refractivity contribution >= 4 is 21.5 Å². The predicted molar refractivity (Wildman–Crippen MR) is 126 cm³/mol. The third-order valence-electron chi connectivity index (χ3n) is 7.09. The van der Waals surface area contributed by atoms with Gasteiger partial charge in [-0.15, -0.1) is 0 Å². The first-order chi connectivity index (χ1) is 15.9. The lowest BCUT2D eigenvalue weighted by Crippen LogP contribution is -2.39. The summed E-state index contributed by atoms with van der Waals surface area (Å²) in [6.07, 6.45) is 4.78. The van der Waals surface area contributed by atoms with Gasteiger partial charge in [0.2, 0.25) is 0 Å². The molecule has 1 heterocycles. The topological polar surface area (TPSA) is 85.4 Å². The number of para-hydroxylation sites is 1. The lowest BCUT2D eigenvalue weighted by molar-refractivity contribution is -0.125. The highest BCUT2D eigenvalue weighted by Crippen LogP contribution is 2.53. The molecule has 2 aromatic carbocycles. The molecule has 1 N–H and O–H groups in total. The summed E-state index contributed by atoms with van der Waals surface area (Å²) in [7, 11) is -2.45. The summed E-state index contributed by atoms with van der Waals surface area (Å²) in [5.74, 6) is 0.431. The van der Waals surface area contributed by atoms with Crippen molar-refractivity contribution in [3.8, 4) is 5.75 Å². The van der Waals surface area contributed by atoms with Crippen molar-refractivity contribution in [3.05, 3.63) is 83.2 Å². The monoisotopic (exact) mass is 462 g/mol. The maximum atomic E-state index is 13.3. The Kier molecular flexibility index (Phi) is 5.24. The predicted octanol–water partition coefficient (Wildman–Crippen LogP) is 4.59. The van der Waals surface area contributed by atoms with Gasteiger partial charge in [-0.05, 0) is 65.9 Å². The molecule has 1 unspecified atom stereocenters. The lowest BCUT2D eigenvalue weighted by atomic mass is 9.64. The highest BCUT2D eigenvalue weighted by Gasteiger charge is 2.51. The Labute approximate surface area is 194 Å². The Hall–Kier alpha value is -3.19. The van der Waals surface area contributed by atoms with Crippen LogP contribution in [0.5, 0.6) is 5.75 Å². The van der Waals surface area contributed by atoms with E-state index in [4.69, 9.17) is 4.74 Å². The maximum absolute atomic E-state index is 13.3. The molecule has 0 bridgehead atoms. The summed E-state index contributed by atoms with van der Waals surface area (Å²) < 4.78 is 34.6. The fraction of sp³-hybridized carbons (Fsp3) is 0.308. The van der Waals surface area contributed by atoms with E-state index in [9.17, 15) is 13.2 Å². The van der Waals surface area contributed by atoms with Gasteiger partial charge in [-0.3, -0.25) is 14.5 Å². The second kappa shape index (κ2) is 7.99. The molecule has 0 saturated heterocycles. The third-order valence-corrected chi connectivity index (χ3v) is 8.51. The van der Waals surface area contributed by atoms with Crippen LogP contribution in [-0.2, 0) is 26.7 Å². The van der Waals surface area contributed by atoms with Gasteiger partial charge in [0, 0.05) is 29.9 Å². The van der Waals surface area contributed by atoms with E-state index in [2.05, 4.69) is 9.71 Å². The van der Waals surface area contributed by atoms with Gasteiger partial charge < -0.3 is 4.74 Å². The van der Waals surface area contributed by atoms with Crippen molar-refractivity contribution in [1.29, 1.82) is 0 Å². The van der Waals surface area contributed by atoms with Crippen LogP contribution in [0.15, 0.2) is 65.7 Å². The van der Waals surface area contributed by atoms with Crippen molar-refractivity contribution in [3.63, 3.8) is 0 Å². The van der Waals surface area contributed by atoms with Crippen LogP contribution in [-0.4, -0.2) is 26.3 Å². The molecule has 1 aromatic heterocycles. The fourth-order valence-electron chi connectivity index (χ4n) is 5.16. The van der Waals surface area contributed by atoms with Crippen molar-refractivity contribution in [2.45, 2.75) is 48.8 Å². The highest BCUT2D eigenvalue weighted by molar-refractivity contribution is 7.92. The van der Waals surface area contributed by atoms with Crippen LogP contribution in [0, 0.1) is 0 Å². The van der Waals surface area contributed by atoms with Gasteiger partial charge in [-0.1, -0.05) is 31.5 Å². The number of sulfonamides is 1. The molecule has 1 saturated carbocycles. The van der Waals surface area contributed by atoms with Gasteiger partial charge in [0.25, 0.3) is 10.0 Å². The zero-order chi connectivity index (χ0) is 23.2. The smallest absolute Gasteiger partial charge is 0.265 e. The standard InChI is InChI=1S/C26H26N2O4S/c1-17(22-8-5-6-13-27-22)19-14-18(15-21-20(19)16-25(29)26(21)11-7-12-26)28-33(30,31)24-10-4-3-9-23(24)32-2/h3-6,8-10,13-15,17,28H,7,11-12,16H2,1-2H3. The molecular formula is C26H26N2O4S. The summed E-state index contributed by atoms with van der Waals surface area (Å²) in [5, 5.41) is 0. The first-order valence-electron chi connectivity index (χ1n) is 11.1. The summed E-state index contributed by atoms with van der Waals surface area (Å²) in [6, 6.07) is 16.0. The van der Waals surface area contributed by atoms with Crippen molar-refractivity contribution in [1.82, 2.24) is 4.98 Å². The van der Waals surface area contributed by atoms with Crippen molar-refractivity contribution < 1.29 is 17.9 Å². The largest absolute Gasteiger partial charge is 0.495 e. The van der Waals surface area contributed by atoms with E-state index in [0.717, 1.165) is 41.6 Å². The molecule has 3 aromatic rings. The molecule has 2 aliphatic rings. The normalized spacial score (nSPS) is 17.3. The Morgan fingerprint density at radius 1 is 1.09 bits per heavy atom. The van der Waals surface area contributed by atoms with Gasteiger partial charge in [0.1, 0.15) is 16.4 Å². The average Bonchev–Trinajstić information content (AvgIpc) is 3.10. The number of methoxy groups -OCH3 is 1. The van der Waals surface area contributed by atoms with E-state index in [1.54, 1.807) is 24.4 Å². The number of ether oxygens (including phenoxy) is 1. The van der Waals surface area contributed by atoms with Crippen LogP contribution in [0.4, 0.5) is 5.69 Å². The zero-order valence-electron chi connectivity index (χ0n) is 18.7. The molecule has 1 fully saturated rings. The molecule has 0 aliphatic heterocycles. The SMILES string of the molecule is COc1ccccc1S(=O)(=O)Nc1cc(C(C)c2ccccn2)c2c(c1)C1(CCC1)C(=O)C2. The average molecular weight is 463 g/mol. The van der Waals surface area contributed by atoms with E-state index in [0.29, 0.717) is 12.1 Å². The molecule has 1 spiro atoms. The van der Waals surface area contributed by atoms with E-state index in [-0.39, 0.29) is 22.3 Å². The number of carbonyl (C=O) groups excluding carboxylic acids is 1. The highest BCUT2D eigenvalue weighted by atomic mass is 32.2. The molecule has 5 rings (SSSR count). The number of hydrogen-bond acceptors (Lipinski definition) is 5. The van der Waals surface area contributed by atoms with Gasteiger partial charge in [0.05, 0.1) is 12.5 Å². The number of hydrogen-bond donors (Lipinski definition) is 1. The summed E-state index contributed by atoms with van der Waals surface area (Å²) in [4.78, 5) is 17.7. The van der Waals surface area contributed by atoms with Gasteiger partial charge in [-0.2, -0.15) is 0 Å². The van der Waals surface area contributed by atoms with Gasteiger partial charge in [0.15, 0.2) is 0 Å². The number of benzene rings is 2. The number of aromatic nitrogens is 1. The molecule has 33 heavy (non-hydrogen) atoms. The Morgan fingerprint density at radius 3 is 2.52 bits per heavy atom. The molecule has 0 radical (unpaired) electrons. The number of anilines is 1. The molecular weight excluding hydrogens is 436 g/mol. The van der Waals surface area contributed by atoms with Crippen LogP contribution in [0.1, 0.15) is 54.5 Å². The van der Waals surface area contributed by atoms with Crippen molar-refractivity contribution in [2.24, 2.45) is 0 Å². The lowest BCUT2D eigenvalue weighted by Gasteiger charge is -2.38. The number of ketones is 1. The third kappa shape index (κ3) is 3.51. The molecule has 0 amide bonds. The van der Waals surface area contributed by atoms with Crippen LogP contribution in [0.3, 0.4) is 0 Å². The first kappa shape index (κ1) is 21.6. The van der Waals surface area contributed by atoms with Crippen LogP contribution in [0.25, 0.3) is 0 Å². The number of carbonyl (C=O) groups is 1.